The third kappa shape index (κ3) is 3.94. The van der Waals surface area contributed by atoms with Crippen molar-refractivity contribution in [2.75, 3.05) is 13.6 Å². The molecule has 1 N–H and O–H groups in total. The highest BCUT2D eigenvalue weighted by atomic mass is 32.1. The van der Waals surface area contributed by atoms with Crippen LogP contribution >= 0.6 is 11.3 Å². The highest BCUT2D eigenvalue weighted by molar-refractivity contribution is 7.18. The number of unbranched alkanes of at least 4 members (excludes halogenated alkanes) is 1. The Morgan fingerprint density at radius 3 is 3.00 bits per heavy atom. The zero-order valence-corrected chi connectivity index (χ0v) is 16.2. The van der Waals surface area contributed by atoms with Crippen LogP contribution in [0.3, 0.4) is 0 Å². The van der Waals surface area contributed by atoms with Crippen LogP contribution in [0.1, 0.15) is 55.8 Å². The molecule has 0 fully saturated rings. The van der Waals surface area contributed by atoms with Crippen LogP contribution in [0.25, 0.3) is 10.2 Å². The highest BCUT2D eigenvalue weighted by Crippen LogP contribution is 2.35. The Morgan fingerprint density at radius 2 is 2.24 bits per heavy atom. The molecule has 1 aliphatic rings. The molecule has 0 radical (unpaired) electrons. The summed E-state index contributed by atoms with van der Waals surface area (Å²) in [5, 5.41) is 0.780. The first-order chi connectivity index (χ1) is 12.0. The van der Waals surface area contributed by atoms with Crippen molar-refractivity contribution in [3.8, 4) is 0 Å². The lowest BCUT2D eigenvalue weighted by Crippen LogP contribution is -2.28. The Balaban J connectivity index is 1.75. The molecule has 0 saturated carbocycles. The topological polar surface area (TPSA) is 66.1 Å². The number of amides is 1. The van der Waals surface area contributed by atoms with Crippen LogP contribution in [0.15, 0.2) is 4.79 Å². The summed E-state index contributed by atoms with van der Waals surface area (Å²) < 4.78 is 0. The van der Waals surface area contributed by atoms with Gasteiger partial charge in [-0.15, -0.1) is 11.3 Å². The minimum Gasteiger partial charge on any atom is -0.346 e. The van der Waals surface area contributed by atoms with Gasteiger partial charge in [-0.1, -0.05) is 20.3 Å². The van der Waals surface area contributed by atoms with E-state index in [1.54, 1.807) is 16.2 Å². The summed E-state index contributed by atoms with van der Waals surface area (Å²) in [7, 11) is 1.84. The molecule has 2 aromatic rings. The Kier molecular flexibility index (Phi) is 5.57. The molecular formula is C19H27N3O2S. The van der Waals surface area contributed by atoms with E-state index in [9.17, 15) is 9.59 Å². The van der Waals surface area contributed by atoms with Gasteiger partial charge in [-0.3, -0.25) is 9.59 Å². The van der Waals surface area contributed by atoms with E-state index in [1.165, 1.54) is 10.4 Å². The van der Waals surface area contributed by atoms with Crippen LogP contribution in [0.2, 0.25) is 0 Å². The van der Waals surface area contributed by atoms with Gasteiger partial charge in [0.2, 0.25) is 5.91 Å². The first-order valence-electron chi connectivity index (χ1n) is 9.27. The summed E-state index contributed by atoms with van der Waals surface area (Å²) in [6.07, 6.45) is 6.12. The van der Waals surface area contributed by atoms with Crippen molar-refractivity contribution in [3.63, 3.8) is 0 Å². The van der Waals surface area contributed by atoms with Crippen molar-refractivity contribution in [2.45, 2.75) is 58.8 Å². The Labute approximate surface area is 152 Å². The molecule has 0 unspecified atom stereocenters. The third-order valence-electron chi connectivity index (χ3n) is 5.06. The van der Waals surface area contributed by atoms with Crippen LogP contribution < -0.4 is 5.56 Å². The summed E-state index contributed by atoms with van der Waals surface area (Å²) in [4.78, 5) is 36.2. The standard InChI is InChI=1S/C19H27N3O2S/c1-4-5-10-22(3)16(23)9-8-15-20-18(24)17-13-7-6-12(2)11-14(13)25-19(17)21-15/h12H,4-11H2,1-3H3,(H,20,21,24)/t12-/m0/s1. The summed E-state index contributed by atoms with van der Waals surface area (Å²) in [6, 6.07) is 0. The second-order valence-electron chi connectivity index (χ2n) is 7.21. The Bertz CT molecular complexity index is 824. The Hall–Kier alpha value is -1.69. The minimum atomic E-state index is -0.0427. The lowest BCUT2D eigenvalue weighted by molar-refractivity contribution is -0.129. The van der Waals surface area contributed by atoms with E-state index in [4.69, 9.17) is 0 Å². The van der Waals surface area contributed by atoms with Gasteiger partial charge in [0.15, 0.2) is 0 Å². The van der Waals surface area contributed by atoms with Crippen LogP contribution in [-0.2, 0) is 24.1 Å². The number of aryl methyl sites for hydroxylation is 2. The fourth-order valence-corrected chi connectivity index (χ4v) is 4.85. The fourth-order valence-electron chi connectivity index (χ4n) is 3.45. The van der Waals surface area contributed by atoms with E-state index in [2.05, 4.69) is 23.8 Å². The number of nitrogens with one attached hydrogen (secondary N) is 1. The number of thiophene rings is 1. The second-order valence-corrected chi connectivity index (χ2v) is 8.30. The van der Waals surface area contributed by atoms with E-state index in [0.29, 0.717) is 24.6 Å². The molecule has 0 aromatic carbocycles. The van der Waals surface area contributed by atoms with Crippen molar-refractivity contribution in [1.82, 2.24) is 14.9 Å². The van der Waals surface area contributed by atoms with E-state index >= 15 is 0 Å². The summed E-state index contributed by atoms with van der Waals surface area (Å²) >= 11 is 1.66. The average Bonchev–Trinajstić information content (AvgIpc) is 2.95. The van der Waals surface area contributed by atoms with Crippen molar-refractivity contribution in [2.24, 2.45) is 5.92 Å². The van der Waals surface area contributed by atoms with Gasteiger partial charge in [0, 0.05) is 31.3 Å². The van der Waals surface area contributed by atoms with E-state index in [1.807, 2.05) is 7.05 Å². The van der Waals surface area contributed by atoms with Gasteiger partial charge in [-0.05, 0) is 37.2 Å². The van der Waals surface area contributed by atoms with Gasteiger partial charge in [-0.25, -0.2) is 4.98 Å². The predicted molar refractivity (Wildman–Crippen MR) is 102 cm³/mol. The lowest BCUT2D eigenvalue weighted by Gasteiger charge is -2.17. The van der Waals surface area contributed by atoms with Crippen molar-refractivity contribution in [1.29, 1.82) is 0 Å². The molecule has 5 nitrogen and oxygen atoms in total. The van der Waals surface area contributed by atoms with Crippen molar-refractivity contribution >= 4 is 27.5 Å². The first-order valence-corrected chi connectivity index (χ1v) is 10.1. The number of nitrogens with zero attached hydrogens (tertiary/aromatic N) is 2. The molecule has 2 heterocycles. The average molecular weight is 362 g/mol. The minimum absolute atomic E-state index is 0.0427. The second kappa shape index (κ2) is 7.68. The monoisotopic (exact) mass is 361 g/mol. The van der Waals surface area contributed by atoms with Crippen molar-refractivity contribution < 1.29 is 4.79 Å². The molecule has 1 amide bonds. The fraction of sp³-hybridized carbons (Fsp3) is 0.632. The molecule has 0 aliphatic heterocycles. The normalized spacial score (nSPS) is 16.8. The summed E-state index contributed by atoms with van der Waals surface area (Å²) in [6.45, 7) is 5.16. The number of fused-ring (bicyclic) bond motifs is 3. The molecule has 0 bridgehead atoms. The maximum absolute atomic E-state index is 12.5. The third-order valence-corrected chi connectivity index (χ3v) is 6.21. The number of hydrogen-bond donors (Lipinski definition) is 1. The maximum Gasteiger partial charge on any atom is 0.259 e. The number of carbonyl (C=O) groups is 1. The quantitative estimate of drug-likeness (QED) is 0.858. The SMILES string of the molecule is CCCCN(C)C(=O)CCc1nc2sc3c(c2c(=O)[nH]1)CC[C@H](C)C3. The number of aromatic nitrogens is 2. The van der Waals surface area contributed by atoms with Gasteiger partial charge >= 0.3 is 0 Å². The highest BCUT2D eigenvalue weighted by Gasteiger charge is 2.23. The Morgan fingerprint density at radius 1 is 1.44 bits per heavy atom. The zero-order chi connectivity index (χ0) is 18.0. The first kappa shape index (κ1) is 18.1. The smallest absolute Gasteiger partial charge is 0.259 e. The molecular weight excluding hydrogens is 334 g/mol. The largest absolute Gasteiger partial charge is 0.346 e. The van der Waals surface area contributed by atoms with Gasteiger partial charge in [0.1, 0.15) is 10.7 Å². The van der Waals surface area contributed by atoms with Gasteiger partial charge in [-0.2, -0.15) is 0 Å². The molecule has 1 aliphatic carbocycles. The summed E-state index contributed by atoms with van der Waals surface area (Å²) in [5.41, 5.74) is 1.16. The molecule has 136 valence electrons. The predicted octanol–water partition coefficient (Wildman–Crippen LogP) is 3.30. The van der Waals surface area contributed by atoms with Crippen molar-refractivity contribution in [3.05, 3.63) is 26.6 Å². The molecule has 6 heteroatoms. The van der Waals surface area contributed by atoms with Gasteiger partial charge < -0.3 is 9.88 Å². The van der Waals surface area contributed by atoms with Gasteiger partial charge in [0.25, 0.3) is 5.56 Å². The zero-order valence-electron chi connectivity index (χ0n) is 15.4. The summed E-state index contributed by atoms with van der Waals surface area (Å²) in [5.74, 6) is 1.41. The van der Waals surface area contributed by atoms with E-state index in [-0.39, 0.29) is 11.5 Å². The van der Waals surface area contributed by atoms with E-state index < -0.39 is 0 Å². The number of hydrogen-bond acceptors (Lipinski definition) is 4. The van der Waals surface area contributed by atoms with Gasteiger partial charge in [0.05, 0.1) is 5.39 Å². The number of H-pyrrole nitrogens is 1. The lowest BCUT2D eigenvalue weighted by atomic mass is 9.89. The number of rotatable bonds is 6. The molecule has 0 spiro atoms. The molecule has 1 atom stereocenters. The molecule has 0 saturated heterocycles. The molecule has 2 aromatic heterocycles. The van der Waals surface area contributed by atoms with Crippen LogP contribution in [0.4, 0.5) is 0 Å². The van der Waals surface area contributed by atoms with Crippen LogP contribution in [0, 0.1) is 5.92 Å². The van der Waals surface area contributed by atoms with Crippen LogP contribution in [0.5, 0.6) is 0 Å². The maximum atomic E-state index is 12.5. The van der Waals surface area contributed by atoms with E-state index in [0.717, 1.165) is 48.9 Å². The number of carbonyl (C=O) groups excluding carboxylic acids is 1. The molecule has 3 rings (SSSR count). The molecule has 25 heavy (non-hydrogen) atoms. The van der Waals surface area contributed by atoms with Crippen LogP contribution in [-0.4, -0.2) is 34.4 Å². The number of aromatic amines is 1.